The fraction of sp³-hybridized carbons (Fsp3) is 0.600. The van der Waals surface area contributed by atoms with Gasteiger partial charge in [0.25, 0.3) is 0 Å². The maximum Gasteiger partial charge on any atom is 0.0349 e. The maximum atomic E-state index is 6.07. The molecule has 2 heteroatoms. The lowest BCUT2D eigenvalue weighted by molar-refractivity contribution is 0.390. The number of hydrogen-bond donors (Lipinski definition) is 2. The fourth-order valence-corrected chi connectivity index (χ4v) is 2.62. The molecule has 17 heavy (non-hydrogen) atoms. The van der Waals surface area contributed by atoms with E-state index in [0.29, 0.717) is 5.92 Å². The van der Waals surface area contributed by atoms with E-state index in [-0.39, 0.29) is 5.54 Å². The molecule has 0 saturated heterocycles. The molecular weight excluding hydrogens is 208 g/mol. The Balaban J connectivity index is 2.15. The van der Waals surface area contributed by atoms with Crippen LogP contribution in [0.25, 0.3) is 0 Å². The number of nitrogens with two attached hydrogens (primary N) is 1. The van der Waals surface area contributed by atoms with Crippen molar-refractivity contribution in [1.82, 2.24) is 5.32 Å². The smallest absolute Gasteiger partial charge is 0.0349 e. The molecule has 0 saturated carbocycles. The minimum Gasteiger partial charge on any atom is -0.398 e. The number of nitrogens with one attached hydrogen (secondary N) is 1. The third-order valence-corrected chi connectivity index (χ3v) is 3.55. The van der Waals surface area contributed by atoms with E-state index in [1.165, 1.54) is 24.0 Å². The van der Waals surface area contributed by atoms with Crippen LogP contribution in [-0.2, 0) is 6.42 Å². The molecule has 1 atom stereocenters. The third kappa shape index (κ3) is 3.01. The number of fused-ring (bicyclic) bond motifs is 1. The van der Waals surface area contributed by atoms with Crippen LogP contribution in [-0.4, -0.2) is 12.1 Å². The highest BCUT2D eigenvalue weighted by Gasteiger charge is 2.22. The van der Waals surface area contributed by atoms with Crippen molar-refractivity contribution in [3.8, 4) is 0 Å². The molecule has 1 aromatic rings. The van der Waals surface area contributed by atoms with Crippen LogP contribution in [0.1, 0.15) is 50.7 Å². The first-order valence-electron chi connectivity index (χ1n) is 6.59. The first-order valence-corrected chi connectivity index (χ1v) is 6.59. The molecule has 0 aliphatic heterocycles. The topological polar surface area (TPSA) is 38.0 Å². The van der Waals surface area contributed by atoms with E-state index in [2.05, 4.69) is 38.2 Å². The SMILES string of the molecule is CC(C)(C)NCC1CCCc2c(N)cccc21. The van der Waals surface area contributed by atoms with Gasteiger partial charge in [-0.2, -0.15) is 0 Å². The Bertz CT molecular complexity index is 390. The summed E-state index contributed by atoms with van der Waals surface area (Å²) in [5, 5.41) is 3.61. The van der Waals surface area contributed by atoms with Gasteiger partial charge >= 0.3 is 0 Å². The van der Waals surface area contributed by atoms with Crippen molar-refractivity contribution in [3.63, 3.8) is 0 Å². The van der Waals surface area contributed by atoms with Crippen LogP contribution >= 0.6 is 0 Å². The van der Waals surface area contributed by atoms with E-state index < -0.39 is 0 Å². The van der Waals surface area contributed by atoms with Crippen molar-refractivity contribution in [2.45, 2.75) is 51.5 Å². The maximum absolute atomic E-state index is 6.07. The third-order valence-electron chi connectivity index (χ3n) is 3.55. The molecule has 1 unspecified atom stereocenters. The zero-order valence-corrected chi connectivity index (χ0v) is 11.2. The van der Waals surface area contributed by atoms with Gasteiger partial charge in [0, 0.05) is 17.8 Å². The Morgan fingerprint density at radius 1 is 1.35 bits per heavy atom. The Kier molecular flexibility index (Phi) is 3.43. The Hall–Kier alpha value is -1.02. The van der Waals surface area contributed by atoms with E-state index in [4.69, 9.17) is 5.73 Å². The van der Waals surface area contributed by atoms with Crippen LogP contribution in [0.2, 0.25) is 0 Å². The summed E-state index contributed by atoms with van der Waals surface area (Å²) in [6.07, 6.45) is 3.69. The van der Waals surface area contributed by atoms with E-state index in [0.717, 1.165) is 18.7 Å². The van der Waals surface area contributed by atoms with E-state index in [1.54, 1.807) is 0 Å². The molecular formula is C15H24N2. The zero-order chi connectivity index (χ0) is 12.5. The van der Waals surface area contributed by atoms with Gasteiger partial charge in [-0.3, -0.25) is 0 Å². The molecule has 0 heterocycles. The molecule has 1 aliphatic rings. The van der Waals surface area contributed by atoms with Crippen molar-refractivity contribution in [3.05, 3.63) is 29.3 Å². The van der Waals surface area contributed by atoms with Gasteiger partial charge in [-0.15, -0.1) is 0 Å². The van der Waals surface area contributed by atoms with Gasteiger partial charge in [0.2, 0.25) is 0 Å². The molecule has 0 fully saturated rings. The van der Waals surface area contributed by atoms with E-state index in [1.807, 2.05) is 6.07 Å². The minimum atomic E-state index is 0.192. The van der Waals surface area contributed by atoms with Gasteiger partial charge in [-0.05, 0) is 63.1 Å². The normalized spacial score (nSPS) is 20.1. The monoisotopic (exact) mass is 232 g/mol. The standard InChI is InChI=1S/C15H24N2/c1-15(2,3)17-10-11-6-4-8-13-12(11)7-5-9-14(13)16/h5,7,9,11,17H,4,6,8,10,16H2,1-3H3. The highest BCUT2D eigenvalue weighted by molar-refractivity contribution is 5.53. The van der Waals surface area contributed by atoms with Crippen molar-refractivity contribution in [1.29, 1.82) is 0 Å². The van der Waals surface area contributed by atoms with Crippen molar-refractivity contribution in [2.75, 3.05) is 12.3 Å². The van der Waals surface area contributed by atoms with Gasteiger partial charge in [0.15, 0.2) is 0 Å². The average Bonchev–Trinajstić information content (AvgIpc) is 2.26. The fourth-order valence-electron chi connectivity index (χ4n) is 2.62. The number of anilines is 1. The summed E-state index contributed by atoms with van der Waals surface area (Å²) in [6, 6.07) is 6.36. The highest BCUT2D eigenvalue weighted by atomic mass is 14.9. The molecule has 1 aliphatic carbocycles. The lowest BCUT2D eigenvalue weighted by Crippen LogP contribution is -2.39. The second-order valence-corrected chi connectivity index (χ2v) is 6.14. The molecule has 0 radical (unpaired) electrons. The Morgan fingerprint density at radius 2 is 2.12 bits per heavy atom. The highest BCUT2D eigenvalue weighted by Crippen LogP contribution is 2.34. The summed E-state index contributed by atoms with van der Waals surface area (Å²) >= 11 is 0. The summed E-state index contributed by atoms with van der Waals surface area (Å²) < 4.78 is 0. The van der Waals surface area contributed by atoms with Gasteiger partial charge < -0.3 is 11.1 Å². The molecule has 94 valence electrons. The number of nitrogen functional groups attached to an aromatic ring is 1. The van der Waals surface area contributed by atoms with Gasteiger partial charge in [0.1, 0.15) is 0 Å². The molecule has 2 rings (SSSR count). The second kappa shape index (κ2) is 4.69. The van der Waals surface area contributed by atoms with Crippen LogP contribution in [0.4, 0.5) is 5.69 Å². The van der Waals surface area contributed by atoms with Crippen LogP contribution < -0.4 is 11.1 Å². The summed E-state index contributed by atoms with van der Waals surface area (Å²) in [5.74, 6) is 0.626. The first-order chi connectivity index (χ1) is 7.97. The Morgan fingerprint density at radius 3 is 2.82 bits per heavy atom. The zero-order valence-electron chi connectivity index (χ0n) is 11.2. The largest absolute Gasteiger partial charge is 0.398 e. The van der Waals surface area contributed by atoms with E-state index in [9.17, 15) is 0 Å². The summed E-state index contributed by atoms with van der Waals surface area (Å²) in [7, 11) is 0. The van der Waals surface area contributed by atoms with Gasteiger partial charge in [-0.1, -0.05) is 12.1 Å². The predicted octanol–water partition coefficient (Wildman–Crippen LogP) is 3.08. The second-order valence-electron chi connectivity index (χ2n) is 6.14. The molecule has 0 bridgehead atoms. The minimum absolute atomic E-state index is 0.192. The first kappa shape index (κ1) is 12.4. The molecule has 2 nitrogen and oxygen atoms in total. The summed E-state index contributed by atoms with van der Waals surface area (Å²) in [6.45, 7) is 7.71. The van der Waals surface area contributed by atoms with Gasteiger partial charge in [0.05, 0.1) is 0 Å². The predicted molar refractivity (Wildman–Crippen MR) is 74.3 cm³/mol. The summed E-state index contributed by atoms with van der Waals surface area (Å²) in [5.41, 5.74) is 10.1. The lowest BCUT2D eigenvalue weighted by Gasteiger charge is -2.30. The molecule has 0 spiro atoms. The quantitative estimate of drug-likeness (QED) is 0.769. The molecule has 3 N–H and O–H groups in total. The number of hydrogen-bond acceptors (Lipinski definition) is 2. The van der Waals surface area contributed by atoms with Crippen LogP contribution in [0.3, 0.4) is 0 Å². The molecule has 0 aromatic heterocycles. The summed E-state index contributed by atoms with van der Waals surface area (Å²) in [4.78, 5) is 0. The number of rotatable bonds is 2. The van der Waals surface area contributed by atoms with Gasteiger partial charge in [-0.25, -0.2) is 0 Å². The van der Waals surface area contributed by atoms with Crippen molar-refractivity contribution in [2.24, 2.45) is 0 Å². The van der Waals surface area contributed by atoms with Crippen LogP contribution in [0.5, 0.6) is 0 Å². The Labute approximate surface area is 105 Å². The van der Waals surface area contributed by atoms with Crippen molar-refractivity contribution >= 4 is 5.69 Å². The molecule has 1 aromatic carbocycles. The van der Waals surface area contributed by atoms with Crippen LogP contribution in [0.15, 0.2) is 18.2 Å². The molecule has 0 amide bonds. The van der Waals surface area contributed by atoms with Crippen LogP contribution in [0, 0.1) is 0 Å². The van der Waals surface area contributed by atoms with Crippen molar-refractivity contribution < 1.29 is 0 Å². The average molecular weight is 232 g/mol. The lowest BCUT2D eigenvalue weighted by atomic mass is 9.81. The number of benzene rings is 1. The van der Waals surface area contributed by atoms with E-state index >= 15 is 0 Å².